The third-order valence-corrected chi connectivity index (χ3v) is 4.52. The molecule has 0 bridgehead atoms. The number of thiazole rings is 1. The van der Waals surface area contributed by atoms with E-state index in [9.17, 15) is 4.79 Å². The lowest BCUT2D eigenvalue weighted by Crippen LogP contribution is -2.13. The molecule has 1 aliphatic rings. The molecule has 2 heterocycles. The molecule has 6 heteroatoms. The second-order valence-electron chi connectivity index (χ2n) is 3.92. The van der Waals surface area contributed by atoms with Crippen molar-refractivity contribution in [1.29, 1.82) is 0 Å². The van der Waals surface area contributed by atoms with Crippen LogP contribution in [-0.4, -0.2) is 16.6 Å². The molecule has 96 valence electrons. The summed E-state index contributed by atoms with van der Waals surface area (Å²) < 4.78 is 0. The first kappa shape index (κ1) is 12.7. The fraction of sp³-hybridized carbons (Fsp3) is 0.0769. The van der Waals surface area contributed by atoms with Gasteiger partial charge in [0.05, 0.1) is 16.5 Å². The molecular formula is C13H9ClN2OS2. The van der Waals surface area contributed by atoms with Crippen molar-refractivity contribution in [3.8, 4) is 11.3 Å². The molecule has 1 fully saturated rings. The molecule has 1 aromatic heterocycles. The number of thioether (sulfide) groups is 1. The molecule has 0 saturated carbocycles. The standard InChI is InChI=1S/C13H9ClN2OS2/c14-9-3-1-8(2-4-9)10-6-18-12(15-10)5-13-16-11(17)7-19-13/h1-6H,7H2,(H,16,17)/b13-5+. The van der Waals surface area contributed by atoms with Crippen molar-refractivity contribution in [2.45, 2.75) is 0 Å². The number of carbonyl (C=O) groups is 1. The molecule has 0 aliphatic carbocycles. The number of halogens is 1. The molecule has 0 spiro atoms. The lowest BCUT2D eigenvalue weighted by atomic mass is 10.2. The quantitative estimate of drug-likeness (QED) is 0.921. The topological polar surface area (TPSA) is 42.0 Å². The first-order valence-electron chi connectivity index (χ1n) is 5.56. The van der Waals surface area contributed by atoms with Crippen LogP contribution in [0.15, 0.2) is 34.7 Å². The Morgan fingerprint density at radius 2 is 2.11 bits per heavy atom. The van der Waals surface area contributed by atoms with E-state index < -0.39 is 0 Å². The summed E-state index contributed by atoms with van der Waals surface area (Å²) in [4.78, 5) is 15.6. The summed E-state index contributed by atoms with van der Waals surface area (Å²) in [7, 11) is 0. The molecule has 3 nitrogen and oxygen atoms in total. The van der Waals surface area contributed by atoms with Gasteiger partial charge in [-0.1, -0.05) is 35.5 Å². The Kier molecular flexibility index (Phi) is 3.59. The molecule has 0 radical (unpaired) electrons. The van der Waals surface area contributed by atoms with Gasteiger partial charge in [-0.15, -0.1) is 11.3 Å². The van der Waals surface area contributed by atoms with Gasteiger partial charge in [0, 0.05) is 22.0 Å². The molecule has 1 N–H and O–H groups in total. The van der Waals surface area contributed by atoms with Crippen molar-refractivity contribution in [1.82, 2.24) is 10.3 Å². The Morgan fingerprint density at radius 3 is 2.79 bits per heavy atom. The minimum Gasteiger partial charge on any atom is -0.320 e. The predicted octanol–water partition coefficient (Wildman–Crippen LogP) is 3.62. The van der Waals surface area contributed by atoms with Crippen LogP contribution in [0.2, 0.25) is 5.02 Å². The van der Waals surface area contributed by atoms with Crippen molar-refractivity contribution >= 4 is 46.7 Å². The number of benzene rings is 1. The van der Waals surface area contributed by atoms with E-state index in [0.717, 1.165) is 21.3 Å². The van der Waals surface area contributed by atoms with Crippen molar-refractivity contribution < 1.29 is 4.79 Å². The van der Waals surface area contributed by atoms with E-state index in [-0.39, 0.29) is 5.91 Å². The van der Waals surface area contributed by atoms with Gasteiger partial charge in [-0.25, -0.2) is 4.98 Å². The summed E-state index contributed by atoms with van der Waals surface area (Å²) in [6.45, 7) is 0. The first-order chi connectivity index (χ1) is 9.20. The minimum atomic E-state index is 0.0470. The summed E-state index contributed by atoms with van der Waals surface area (Å²) in [6.07, 6.45) is 1.90. The van der Waals surface area contributed by atoms with Crippen LogP contribution in [0.1, 0.15) is 5.01 Å². The van der Waals surface area contributed by atoms with Gasteiger partial charge >= 0.3 is 0 Å². The number of aromatic nitrogens is 1. The first-order valence-corrected chi connectivity index (χ1v) is 7.81. The summed E-state index contributed by atoms with van der Waals surface area (Å²) >= 11 is 8.91. The molecule has 0 atom stereocenters. The van der Waals surface area contributed by atoms with Crippen LogP contribution < -0.4 is 5.32 Å². The van der Waals surface area contributed by atoms with E-state index in [2.05, 4.69) is 10.3 Å². The van der Waals surface area contributed by atoms with Crippen LogP contribution in [0.3, 0.4) is 0 Å². The van der Waals surface area contributed by atoms with Crippen LogP contribution in [0.5, 0.6) is 0 Å². The van der Waals surface area contributed by atoms with Gasteiger partial charge in [0.15, 0.2) is 0 Å². The van der Waals surface area contributed by atoms with Crippen LogP contribution >= 0.6 is 34.7 Å². The fourth-order valence-corrected chi connectivity index (χ4v) is 3.35. The van der Waals surface area contributed by atoms with Crippen LogP contribution in [-0.2, 0) is 4.79 Å². The maximum Gasteiger partial charge on any atom is 0.235 e. The van der Waals surface area contributed by atoms with Gasteiger partial charge in [-0.3, -0.25) is 4.79 Å². The zero-order chi connectivity index (χ0) is 13.2. The Labute approximate surface area is 123 Å². The van der Waals surface area contributed by atoms with E-state index in [1.54, 1.807) is 11.3 Å². The number of hydrogen-bond donors (Lipinski definition) is 1. The van der Waals surface area contributed by atoms with Gasteiger partial charge in [0.2, 0.25) is 5.91 Å². The molecule has 19 heavy (non-hydrogen) atoms. The number of amides is 1. The average molecular weight is 309 g/mol. The second kappa shape index (κ2) is 5.36. The Balaban J connectivity index is 1.83. The summed E-state index contributed by atoms with van der Waals surface area (Å²) in [5.74, 6) is 0.534. The fourth-order valence-electron chi connectivity index (χ4n) is 1.65. The van der Waals surface area contributed by atoms with Crippen molar-refractivity contribution in [3.05, 3.63) is 44.7 Å². The lowest BCUT2D eigenvalue weighted by molar-refractivity contribution is -0.117. The molecule has 2 aromatic rings. The van der Waals surface area contributed by atoms with Crippen molar-refractivity contribution in [2.24, 2.45) is 0 Å². The predicted molar refractivity (Wildman–Crippen MR) is 81.1 cm³/mol. The Bertz CT molecular complexity index is 649. The highest BCUT2D eigenvalue weighted by Gasteiger charge is 2.15. The lowest BCUT2D eigenvalue weighted by Gasteiger charge is -1.96. The highest BCUT2D eigenvalue weighted by molar-refractivity contribution is 8.04. The van der Waals surface area contributed by atoms with Gasteiger partial charge in [0.1, 0.15) is 5.01 Å². The van der Waals surface area contributed by atoms with E-state index in [1.807, 2.05) is 35.7 Å². The molecule has 1 amide bonds. The maximum absolute atomic E-state index is 11.1. The van der Waals surface area contributed by atoms with Crippen molar-refractivity contribution in [2.75, 3.05) is 5.75 Å². The molecular weight excluding hydrogens is 300 g/mol. The largest absolute Gasteiger partial charge is 0.320 e. The van der Waals surface area contributed by atoms with Gasteiger partial charge in [0.25, 0.3) is 0 Å². The summed E-state index contributed by atoms with van der Waals surface area (Å²) in [5, 5.41) is 7.25. The second-order valence-corrected chi connectivity index (χ2v) is 6.27. The number of hydrogen-bond acceptors (Lipinski definition) is 4. The highest BCUT2D eigenvalue weighted by Crippen LogP contribution is 2.27. The maximum atomic E-state index is 11.1. The van der Waals surface area contributed by atoms with Crippen LogP contribution in [0.4, 0.5) is 0 Å². The number of nitrogens with zero attached hydrogens (tertiary/aromatic N) is 1. The monoisotopic (exact) mass is 308 g/mol. The van der Waals surface area contributed by atoms with E-state index in [1.165, 1.54) is 11.8 Å². The van der Waals surface area contributed by atoms with Crippen LogP contribution in [0, 0.1) is 0 Å². The number of nitrogens with one attached hydrogen (secondary N) is 1. The van der Waals surface area contributed by atoms with Gasteiger partial charge < -0.3 is 5.32 Å². The smallest absolute Gasteiger partial charge is 0.235 e. The normalized spacial score (nSPS) is 16.9. The van der Waals surface area contributed by atoms with E-state index in [4.69, 9.17) is 11.6 Å². The summed E-state index contributed by atoms with van der Waals surface area (Å²) in [6, 6.07) is 7.59. The molecule has 0 unspecified atom stereocenters. The van der Waals surface area contributed by atoms with E-state index >= 15 is 0 Å². The zero-order valence-electron chi connectivity index (χ0n) is 9.72. The Hall–Kier alpha value is -1.30. The molecule has 3 rings (SSSR count). The van der Waals surface area contributed by atoms with Crippen LogP contribution in [0.25, 0.3) is 17.3 Å². The molecule has 1 aromatic carbocycles. The minimum absolute atomic E-state index is 0.0470. The zero-order valence-corrected chi connectivity index (χ0v) is 12.1. The van der Waals surface area contributed by atoms with Gasteiger partial charge in [-0.05, 0) is 12.1 Å². The number of carbonyl (C=O) groups excluding carboxylic acids is 1. The molecule has 1 aliphatic heterocycles. The highest BCUT2D eigenvalue weighted by atomic mass is 35.5. The SMILES string of the molecule is O=C1CS/C(=C/c2nc(-c3ccc(Cl)cc3)cs2)N1. The third kappa shape index (κ3) is 3.00. The van der Waals surface area contributed by atoms with Gasteiger partial charge in [-0.2, -0.15) is 0 Å². The average Bonchev–Trinajstić information content (AvgIpc) is 3.00. The van der Waals surface area contributed by atoms with Crippen molar-refractivity contribution in [3.63, 3.8) is 0 Å². The number of rotatable bonds is 2. The Morgan fingerprint density at radius 1 is 1.32 bits per heavy atom. The van der Waals surface area contributed by atoms with E-state index in [0.29, 0.717) is 10.8 Å². The molecule has 1 saturated heterocycles. The third-order valence-electron chi connectivity index (χ3n) is 2.54. The summed E-state index contributed by atoms with van der Waals surface area (Å²) in [5.41, 5.74) is 1.95.